The Balaban J connectivity index is 1.41. The van der Waals surface area contributed by atoms with Gasteiger partial charge >= 0.3 is 0 Å². The third-order valence-electron chi connectivity index (χ3n) is 6.17. The number of piperidine rings is 1. The zero-order chi connectivity index (χ0) is 21.2. The van der Waals surface area contributed by atoms with Crippen molar-refractivity contribution >= 4 is 17.2 Å². The zero-order valence-corrected chi connectivity index (χ0v) is 18.1. The fourth-order valence-corrected chi connectivity index (χ4v) is 5.29. The van der Waals surface area contributed by atoms with E-state index >= 15 is 0 Å². The molecule has 31 heavy (non-hydrogen) atoms. The van der Waals surface area contributed by atoms with Crippen LogP contribution in [0.15, 0.2) is 46.8 Å². The topological polar surface area (TPSA) is 82.2 Å². The van der Waals surface area contributed by atoms with Crippen molar-refractivity contribution in [3.8, 4) is 0 Å². The van der Waals surface area contributed by atoms with Crippen LogP contribution in [0.25, 0.3) is 0 Å². The lowest BCUT2D eigenvalue weighted by Crippen LogP contribution is -2.41. The van der Waals surface area contributed by atoms with Crippen LogP contribution in [0.3, 0.4) is 0 Å². The van der Waals surface area contributed by atoms with E-state index in [4.69, 9.17) is 4.98 Å². The first-order valence-corrected chi connectivity index (χ1v) is 11.6. The monoisotopic (exact) mass is 435 g/mol. The van der Waals surface area contributed by atoms with Gasteiger partial charge in [0.2, 0.25) is 0 Å². The summed E-state index contributed by atoms with van der Waals surface area (Å²) in [5, 5.41) is 2.10. The molecule has 5 rings (SSSR count). The summed E-state index contributed by atoms with van der Waals surface area (Å²) in [5.74, 6) is 0.687. The standard InChI is InChI=1S/C23H25N5O2S/c29-22-18-8-12-28(23(30)16-6-9-24-10-7-16)15-19(18)25-21(26-22)20-5-1-2-11-27(20)14-17-4-3-13-31-17/h3-4,6-7,9-10,13,20H,1-2,5,8,11-12,14-15H2,(H,25,26,29)/t20-/m0/s1. The number of hydrogen-bond acceptors (Lipinski definition) is 6. The molecule has 2 aliphatic rings. The normalized spacial score (nSPS) is 19.2. The van der Waals surface area contributed by atoms with E-state index in [9.17, 15) is 9.59 Å². The van der Waals surface area contributed by atoms with E-state index in [1.165, 1.54) is 4.88 Å². The first-order valence-electron chi connectivity index (χ1n) is 10.8. The number of H-pyrrole nitrogens is 1. The molecule has 0 bridgehead atoms. The summed E-state index contributed by atoms with van der Waals surface area (Å²) >= 11 is 1.76. The smallest absolute Gasteiger partial charge is 0.254 e. The van der Waals surface area contributed by atoms with Crippen molar-refractivity contribution in [3.63, 3.8) is 0 Å². The Morgan fingerprint density at radius 1 is 1.19 bits per heavy atom. The SMILES string of the molecule is O=C(c1ccncc1)N1CCc2c(nc([C@@H]3CCCCN3Cc3cccs3)[nH]c2=O)C1. The van der Waals surface area contributed by atoms with Crippen LogP contribution in [0.5, 0.6) is 0 Å². The molecule has 0 aromatic carbocycles. The lowest BCUT2D eigenvalue weighted by Gasteiger charge is -2.35. The molecular weight excluding hydrogens is 410 g/mol. The van der Waals surface area contributed by atoms with Gasteiger partial charge in [0.1, 0.15) is 5.82 Å². The minimum Gasteiger partial charge on any atom is -0.332 e. The van der Waals surface area contributed by atoms with Crippen LogP contribution in [0.1, 0.15) is 57.6 Å². The molecule has 5 heterocycles. The molecule has 1 amide bonds. The predicted octanol–water partition coefficient (Wildman–Crippen LogP) is 3.15. The number of likely N-dealkylation sites (tertiary alicyclic amines) is 1. The van der Waals surface area contributed by atoms with Crippen LogP contribution in [0.2, 0.25) is 0 Å². The largest absolute Gasteiger partial charge is 0.332 e. The highest BCUT2D eigenvalue weighted by atomic mass is 32.1. The van der Waals surface area contributed by atoms with E-state index in [0.717, 1.165) is 43.9 Å². The van der Waals surface area contributed by atoms with E-state index < -0.39 is 0 Å². The van der Waals surface area contributed by atoms with Crippen LogP contribution < -0.4 is 5.56 Å². The maximum absolute atomic E-state index is 12.9. The summed E-state index contributed by atoms with van der Waals surface area (Å²) in [6, 6.07) is 7.77. The van der Waals surface area contributed by atoms with Gasteiger partial charge in [-0.1, -0.05) is 12.5 Å². The minimum atomic E-state index is -0.0577. The molecule has 3 aromatic rings. The second-order valence-corrected chi connectivity index (χ2v) is 9.18. The van der Waals surface area contributed by atoms with Crippen molar-refractivity contribution in [2.24, 2.45) is 0 Å². The van der Waals surface area contributed by atoms with Gasteiger partial charge in [-0.15, -0.1) is 11.3 Å². The van der Waals surface area contributed by atoms with E-state index in [1.54, 1.807) is 40.8 Å². The van der Waals surface area contributed by atoms with E-state index in [0.29, 0.717) is 30.6 Å². The molecule has 7 nitrogen and oxygen atoms in total. The van der Waals surface area contributed by atoms with Crippen molar-refractivity contribution < 1.29 is 4.79 Å². The Morgan fingerprint density at radius 3 is 2.87 bits per heavy atom. The summed E-state index contributed by atoms with van der Waals surface area (Å²) < 4.78 is 0. The third-order valence-corrected chi connectivity index (χ3v) is 7.04. The Labute approximate surface area is 184 Å². The average molecular weight is 436 g/mol. The van der Waals surface area contributed by atoms with Crippen LogP contribution in [-0.2, 0) is 19.5 Å². The van der Waals surface area contributed by atoms with Gasteiger partial charge in [-0.25, -0.2) is 4.98 Å². The van der Waals surface area contributed by atoms with E-state index in [1.807, 2.05) is 0 Å². The molecule has 1 atom stereocenters. The van der Waals surface area contributed by atoms with Gasteiger partial charge in [0.05, 0.1) is 18.3 Å². The van der Waals surface area contributed by atoms with Crippen LogP contribution >= 0.6 is 11.3 Å². The number of rotatable bonds is 4. The van der Waals surface area contributed by atoms with Crippen molar-refractivity contribution in [2.45, 2.75) is 44.8 Å². The zero-order valence-electron chi connectivity index (χ0n) is 17.3. The molecular formula is C23H25N5O2S. The molecule has 1 fully saturated rings. The molecule has 0 radical (unpaired) electrons. The molecule has 8 heteroatoms. The summed E-state index contributed by atoms with van der Waals surface area (Å²) in [6.07, 6.45) is 7.03. The number of pyridine rings is 1. The van der Waals surface area contributed by atoms with Crippen molar-refractivity contribution in [2.75, 3.05) is 13.1 Å². The number of aromatic amines is 1. The first-order chi connectivity index (χ1) is 15.2. The lowest BCUT2D eigenvalue weighted by molar-refractivity contribution is 0.0729. The van der Waals surface area contributed by atoms with Gasteiger partial charge in [0, 0.05) is 41.5 Å². The Kier molecular flexibility index (Phi) is 5.65. The van der Waals surface area contributed by atoms with Gasteiger partial charge in [-0.3, -0.25) is 19.5 Å². The van der Waals surface area contributed by atoms with E-state index in [-0.39, 0.29) is 17.5 Å². The van der Waals surface area contributed by atoms with Crippen molar-refractivity contribution in [1.29, 1.82) is 0 Å². The number of thiophene rings is 1. The highest BCUT2D eigenvalue weighted by molar-refractivity contribution is 7.09. The molecule has 1 saturated heterocycles. The van der Waals surface area contributed by atoms with Crippen LogP contribution in [0, 0.1) is 0 Å². The first kappa shape index (κ1) is 20.1. The van der Waals surface area contributed by atoms with Crippen LogP contribution in [-0.4, -0.2) is 43.7 Å². The minimum absolute atomic E-state index is 0.0475. The summed E-state index contributed by atoms with van der Waals surface area (Å²) in [6.45, 7) is 2.75. The third kappa shape index (κ3) is 4.18. The Bertz CT molecular complexity index is 1110. The highest BCUT2D eigenvalue weighted by Gasteiger charge is 2.30. The maximum Gasteiger partial charge on any atom is 0.254 e. The van der Waals surface area contributed by atoms with Crippen LogP contribution in [0.4, 0.5) is 0 Å². The molecule has 0 unspecified atom stereocenters. The maximum atomic E-state index is 12.9. The summed E-state index contributed by atoms with van der Waals surface area (Å²) in [7, 11) is 0. The average Bonchev–Trinajstić information content (AvgIpc) is 3.32. The predicted molar refractivity (Wildman–Crippen MR) is 119 cm³/mol. The number of carbonyl (C=O) groups is 1. The molecule has 0 spiro atoms. The second-order valence-electron chi connectivity index (χ2n) is 8.15. The van der Waals surface area contributed by atoms with E-state index in [2.05, 4.69) is 32.4 Å². The van der Waals surface area contributed by atoms with Crippen molar-refractivity contribution in [1.82, 2.24) is 24.8 Å². The summed E-state index contributed by atoms with van der Waals surface area (Å²) in [4.78, 5) is 43.2. The molecule has 1 N–H and O–H groups in total. The van der Waals surface area contributed by atoms with Gasteiger partial charge < -0.3 is 9.88 Å². The fraction of sp³-hybridized carbons (Fsp3) is 0.391. The number of carbonyl (C=O) groups excluding carboxylic acids is 1. The molecule has 160 valence electrons. The molecule has 0 saturated carbocycles. The summed E-state index contributed by atoms with van der Waals surface area (Å²) in [5.41, 5.74) is 1.99. The number of amides is 1. The molecule has 2 aliphatic heterocycles. The van der Waals surface area contributed by atoms with Crippen molar-refractivity contribution in [3.05, 3.63) is 79.9 Å². The van der Waals surface area contributed by atoms with Gasteiger partial charge in [0.25, 0.3) is 11.5 Å². The number of aromatic nitrogens is 3. The molecule has 0 aliphatic carbocycles. The van der Waals surface area contributed by atoms with Gasteiger partial charge in [-0.2, -0.15) is 0 Å². The highest BCUT2D eigenvalue weighted by Crippen LogP contribution is 2.31. The quantitative estimate of drug-likeness (QED) is 0.681. The molecule has 3 aromatic heterocycles. The number of hydrogen-bond donors (Lipinski definition) is 1. The second kappa shape index (κ2) is 8.72. The Morgan fingerprint density at radius 2 is 2.06 bits per heavy atom. The number of nitrogens with zero attached hydrogens (tertiary/aromatic N) is 4. The Hall–Kier alpha value is -2.84. The lowest BCUT2D eigenvalue weighted by atomic mass is 10.00. The van der Waals surface area contributed by atoms with Gasteiger partial charge in [-0.05, 0) is 49.4 Å². The number of fused-ring (bicyclic) bond motifs is 1. The van der Waals surface area contributed by atoms with Gasteiger partial charge in [0.15, 0.2) is 0 Å². The fourth-order valence-electron chi connectivity index (χ4n) is 4.56. The number of nitrogens with one attached hydrogen (secondary N) is 1.